The van der Waals surface area contributed by atoms with Crippen molar-refractivity contribution in [2.45, 2.75) is 6.92 Å². The van der Waals surface area contributed by atoms with E-state index in [0.29, 0.717) is 0 Å². The maximum atomic E-state index is 5.79. The van der Waals surface area contributed by atoms with Crippen LogP contribution in [0.5, 0.6) is 0 Å². The van der Waals surface area contributed by atoms with E-state index in [1.165, 1.54) is 0 Å². The molecule has 0 heterocycles. The van der Waals surface area contributed by atoms with Crippen molar-refractivity contribution in [1.29, 1.82) is 0 Å². The molecular formula is C12H11ClINS. The first kappa shape index (κ1) is 13.8. The Morgan fingerprint density at radius 1 is 1.44 bits per heavy atom. The second-order valence-corrected chi connectivity index (χ2v) is 5.10. The molecule has 0 unspecified atom stereocenters. The van der Waals surface area contributed by atoms with Crippen LogP contribution in [0.2, 0.25) is 5.02 Å². The van der Waals surface area contributed by atoms with Crippen LogP contribution in [0.4, 0.5) is 0 Å². The Morgan fingerprint density at radius 3 is 2.69 bits per heavy atom. The van der Waals surface area contributed by atoms with Gasteiger partial charge in [0.15, 0.2) is 0 Å². The van der Waals surface area contributed by atoms with Crippen molar-refractivity contribution in [3.8, 4) is 12.0 Å². The third-order valence-corrected chi connectivity index (χ3v) is 3.98. The lowest BCUT2D eigenvalue weighted by molar-refractivity contribution is 0.700. The minimum Gasteiger partial charge on any atom is -0.267 e. The van der Waals surface area contributed by atoms with Gasteiger partial charge in [-0.2, -0.15) is 0 Å². The van der Waals surface area contributed by atoms with Crippen LogP contribution in [0.15, 0.2) is 30.3 Å². The molecular weight excluding hydrogens is 353 g/mol. The normalized spacial score (nSPS) is 9.94. The molecule has 1 rings (SSSR count). The van der Waals surface area contributed by atoms with Crippen LogP contribution in [0.3, 0.4) is 0 Å². The first-order chi connectivity index (χ1) is 7.76. The highest BCUT2D eigenvalue weighted by Crippen LogP contribution is 2.16. The van der Waals surface area contributed by atoms with Gasteiger partial charge in [0.05, 0.1) is 0 Å². The summed E-state index contributed by atoms with van der Waals surface area (Å²) in [5.74, 6) is 2.99. The molecule has 0 saturated heterocycles. The molecule has 0 N–H and O–H groups in total. The molecule has 0 aromatic heterocycles. The van der Waals surface area contributed by atoms with Gasteiger partial charge in [-0.15, -0.1) is 0 Å². The van der Waals surface area contributed by atoms with E-state index in [-0.39, 0.29) is 0 Å². The van der Waals surface area contributed by atoms with Crippen molar-refractivity contribution in [3.63, 3.8) is 0 Å². The van der Waals surface area contributed by atoms with Gasteiger partial charge >= 0.3 is 0 Å². The van der Waals surface area contributed by atoms with Crippen molar-refractivity contribution in [2.75, 3.05) is 6.54 Å². The lowest BCUT2D eigenvalue weighted by Gasteiger charge is -2.06. The number of allylic oxidation sites excluding steroid dienone is 1. The highest BCUT2D eigenvalue weighted by molar-refractivity contribution is 14.2. The van der Waals surface area contributed by atoms with Crippen LogP contribution in [-0.4, -0.2) is 10.8 Å². The summed E-state index contributed by atoms with van der Waals surface area (Å²) < 4.78 is 1.97. The highest BCUT2D eigenvalue weighted by atomic mass is 127. The zero-order valence-corrected chi connectivity index (χ0v) is 12.5. The summed E-state index contributed by atoms with van der Waals surface area (Å²) in [5.41, 5.74) is 1.10. The van der Waals surface area contributed by atoms with Crippen LogP contribution in [-0.2, 0) is 0 Å². The Morgan fingerprint density at radius 2 is 2.12 bits per heavy atom. The predicted molar refractivity (Wildman–Crippen MR) is 82.3 cm³/mol. The summed E-state index contributed by atoms with van der Waals surface area (Å²) in [7, 11) is 1.60. The standard InChI is InChI=1S/C12H11ClINS/c1-2-15(16-14)10-4-3-5-11-6-8-12(13)9-7-11/h3,5-9H,2H2,1H3/b5-3+. The number of hydrogen-bond acceptors (Lipinski definition) is 2. The minimum absolute atomic E-state index is 0.752. The third kappa shape index (κ3) is 5.15. The number of halogens is 2. The van der Waals surface area contributed by atoms with Crippen LogP contribution in [0, 0.1) is 12.0 Å². The second kappa shape index (κ2) is 7.88. The van der Waals surface area contributed by atoms with Gasteiger partial charge in [-0.05, 0) is 36.8 Å². The molecule has 16 heavy (non-hydrogen) atoms. The highest BCUT2D eigenvalue weighted by Gasteiger charge is 1.89. The van der Waals surface area contributed by atoms with Gasteiger partial charge in [0, 0.05) is 47.9 Å². The molecule has 0 bridgehead atoms. The van der Waals surface area contributed by atoms with Gasteiger partial charge in [0.2, 0.25) is 0 Å². The summed E-state index contributed by atoms with van der Waals surface area (Å²) in [4.78, 5) is 0. The zero-order valence-electron chi connectivity index (χ0n) is 8.78. The molecule has 0 aliphatic rings. The van der Waals surface area contributed by atoms with Gasteiger partial charge in [0.25, 0.3) is 0 Å². The smallest absolute Gasteiger partial charge is 0.0406 e. The molecule has 0 spiro atoms. The number of hydrogen-bond donors (Lipinski definition) is 0. The lowest BCUT2D eigenvalue weighted by atomic mass is 10.2. The number of rotatable bonds is 3. The van der Waals surface area contributed by atoms with E-state index in [1.807, 2.05) is 40.7 Å². The minimum atomic E-state index is 0.752. The topological polar surface area (TPSA) is 3.24 Å². The van der Waals surface area contributed by atoms with E-state index in [2.05, 4.69) is 40.1 Å². The van der Waals surface area contributed by atoms with Crippen molar-refractivity contribution < 1.29 is 0 Å². The molecule has 0 radical (unpaired) electrons. The fourth-order valence-electron chi connectivity index (χ4n) is 0.966. The first-order valence-electron chi connectivity index (χ1n) is 4.75. The van der Waals surface area contributed by atoms with Crippen molar-refractivity contribution in [2.24, 2.45) is 0 Å². The van der Waals surface area contributed by atoms with Gasteiger partial charge in [-0.1, -0.05) is 29.7 Å². The molecule has 1 aromatic rings. The maximum absolute atomic E-state index is 5.79. The maximum Gasteiger partial charge on any atom is 0.0406 e. The van der Waals surface area contributed by atoms with Gasteiger partial charge < -0.3 is 0 Å². The van der Waals surface area contributed by atoms with E-state index in [4.69, 9.17) is 11.6 Å². The molecule has 0 amide bonds. The van der Waals surface area contributed by atoms with E-state index in [0.717, 1.165) is 17.1 Å². The Bertz CT molecular complexity index is 401. The van der Waals surface area contributed by atoms with Crippen LogP contribution >= 0.6 is 41.9 Å². The third-order valence-electron chi connectivity index (χ3n) is 1.79. The average Bonchev–Trinajstić information content (AvgIpc) is 2.32. The summed E-state index contributed by atoms with van der Waals surface area (Å²) in [6.07, 6.45) is 3.81. The Balaban J connectivity index is 2.57. The molecule has 0 saturated carbocycles. The molecule has 84 valence electrons. The molecule has 1 aromatic carbocycles. The largest absolute Gasteiger partial charge is 0.267 e. The summed E-state index contributed by atoms with van der Waals surface area (Å²) in [5, 5.41) is 0.752. The number of benzene rings is 1. The SMILES string of the molecule is CCN(C#C/C=C/c1ccc(Cl)cc1)SI. The number of nitrogens with zero attached hydrogens (tertiary/aromatic N) is 1. The molecule has 1 nitrogen and oxygen atoms in total. The van der Waals surface area contributed by atoms with Crippen molar-refractivity contribution in [1.82, 2.24) is 4.31 Å². The zero-order chi connectivity index (χ0) is 11.8. The molecule has 4 heteroatoms. The van der Waals surface area contributed by atoms with E-state index < -0.39 is 0 Å². The van der Waals surface area contributed by atoms with Crippen LogP contribution < -0.4 is 0 Å². The van der Waals surface area contributed by atoms with E-state index in [1.54, 1.807) is 9.12 Å². The quantitative estimate of drug-likeness (QED) is 0.333. The molecule has 0 aliphatic carbocycles. The Labute approximate surface area is 118 Å². The van der Waals surface area contributed by atoms with E-state index >= 15 is 0 Å². The Hall–Kier alpha value is -0.310. The first-order valence-corrected chi connectivity index (χ1v) is 8.45. The van der Waals surface area contributed by atoms with Gasteiger partial charge in [-0.3, -0.25) is 4.31 Å². The average molecular weight is 364 g/mol. The van der Waals surface area contributed by atoms with Crippen LogP contribution in [0.1, 0.15) is 12.5 Å². The van der Waals surface area contributed by atoms with Crippen molar-refractivity contribution in [3.05, 3.63) is 40.9 Å². The summed E-state index contributed by atoms with van der Waals surface area (Å²) in [6, 6.07) is 10.7. The molecule has 0 aliphatic heterocycles. The van der Waals surface area contributed by atoms with Crippen LogP contribution in [0.25, 0.3) is 6.08 Å². The second-order valence-electron chi connectivity index (χ2n) is 2.90. The monoisotopic (exact) mass is 363 g/mol. The Kier molecular flexibility index (Phi) is 6.78. The fraction of sp³-hybridized carbons (Fsp3) is 0.167. The fourth-order valence-corrected chi connectivity index (χ4v) is 2.41. The lowest BCUT2D eigenvalue weighted by Crippen LogP contribution is -2.03. The molecule has 0 atom stereocenters. The van der Waals surface area contributed by atoms with Crippen molar-refractivity contribution >= 4 is 48.0 Å². The summed E-state index contributed by atoms with van der Waals surface area (Å²) >= 11 is 8.01. The molecule has 0 fully saturated rings. The summed E-state index contributed by atoms with van der Waals surface area (Å²) in [6.45, 7) is 2.98. The van der Waals surface area contributed by atoms with Gasteiger partial charge in [-0.25, -0.2) is 0 Å². The van der Waals surface area contributed by atoms with Gasteiger partial charge in [0.1, 0.15) is 0 Å². The predicted octanol–water partition coefficient (Wildman–Crippen LogP) is 4.63. The van der Waals surface area contributed by atoms with E-state index in [9.17, 15) is 0 Å².